The van der Waals surface area contributed by atoms with Gasteiger partial charge in [-0.2, -0.15) is 0 Å². The van der Waals surface area contributed by atoms with Gasteiger partial charge in [0.15, 0.2) is 0 Å². The van der Waals surface area contributed by atoms with Gasteiger partial charge in [-0.15, -0.1) is 11.3 Å². The summed E-state index contributed by atoms with van der Waals surface area (Å²) in [5.41, 5.74) is 4.92. The Morgan fingerprint density at radius 2 is 2.00 bits per heavy atom. The molecule has 0 unspecified atom stereocenters. The highest BCUT2D eigenvalue weighted by Gasteiger charge is 2.13. The van der Waals surface area contributed by atoms with E-state index in [9.17, 15) is 4.79 Å². The van der Waals surface area contributed by atoms with Gasteiger partial charge in [-0.05, 0) is 30.2 Å². The van der Waals surface area contributed by atoms with Gasteiger partial charge >= 0.3 is 0 Å². The number of thiophene rings is 1. The van der Waals surface area contributed by atoms with Gasteiger partial charge in [-0.1, -0.05) is 53.6 Å². The molecule has 0 atom stereocenters. The minimum atomic E-state index is -0.00946. The molecule has 2 heterocycles. The molecule has 0 amide bonds. The Bertz CT molecular complexity index is 1130. The van der Waals surface area contributed by atoms with Crippen LogP contribution in [0, 0.1) is 6.92 Å². The number of halogens is 1. The lowest BCUT2D eigenvalue weighted by atomic mass is 10.1. The van der Waals surface area contributed by atoms with Crippen LogP contribution < -0.4 is 5.56 Å². The van der Waals surface area contributed by atoms with E-state index in [4.69, 9.17) is 11.6 Å². The third kappa shape index (κ3) is 3.11. The van der Waals surface area contributed by atoms with E-state index in [1.807, 2.05) is 54.8 Å². The summed E-state index contributed by atoms with van der Waals surface area (Å²) in [5.74, 6) is 0. The Labute approximate surface area is 154 Å². The highest BCUT2D eigenvalue weighted by Crippen LogP contribution is 2.31. The van der Waals surface area contributed by atoms with Crippen LogP contribution in [0.5, 0.6) is 0 Å². The van der Waals surface area contributed by atoms with E-state index < -0.39 is 0 Å². The van der Waals surface area contributed by atoms with Gasteiger partial charge in [-0.25, -0.2) is 4.98 Å². The van der Waals surface area contributed by atoms with E-state index in [-0.39, 0.29) is 5.56 Å². The molecule has 0 saturated carbocycles. The molecule has 3 nitrogen and oxygen atoms in total. The molecular weight excluding hydrogens is 352 g/mol. The van der Waals surface area contributed by atoms with Crippen LogP contribution in [-0.4, -0.2) is 9.55 Å². The first-order valence-corrected chi connectivity index (χ1v) is 9.16. The average Bonchev–Trinajstić information content (AvgIpc) is 3.02. The highest BCUT2D eigenvalue weighted by atomic mass is 35.5. The van der Waals surface area contributed by atoms with Gasteiger partial charge in [0.25, 0.3) is 5.56 Å². The van der Waals surface area contributed by atoms with E-state index in [0.717, 1.165) is 22.2 Å². The van der Waals surface area contributed by atoms with Gasteiger partial charge in [0.2, 0.25) is 0 Å². The van der Waals surface area contributed by atoms with Crippen LogP contribution in [0.15, 0.2) is 65.0 Å². The van der Waals surface area contributed by atoms with Crippen LogP contribution in [-0.2, 0) is 6.54 Å². The fourth-order valence-electron chi connectivity index (χ4n) is 2.92. The van der Waals surface area contributed by atoms with Crippen LogP contribution in [0.2, 0.25) is 5.02 Å². The molecule has 0 spiro atoms. The first kappa shape index (κ1) is 16.1. The maximum atomic E-state index is 12.8. The number of nitrogens with zero attached hydrogens (tertiary/aromatic N) is 2. The van der Waals surface area contributed by atoms with Crippen molar-refractivity contribution in [2.75, 3.05) is 0 Å². The van der Waals surface area contributed by atoms with Crippen molar-refractivity contribution < 1.29 is 0 Å². The minimum absolute atomic E-state index is 0.00946. The Balaban J connectivity index is 1.78. The molecule has 0 aliphatic carbocycles. The predicted octanol–water partition coefficient (Wildman–Crippen LogP) is 5.14. The second kappa shape index (κ2) is 6.47. The zero-order valence-electron chi connectivity index (χ0n) is 13.6. The number of hydrogen-bond acceptors (Lipinski definition) is 3. The van der Waals surface area contributed by atoms with Crippen molar-refractivity contribution in [2.24, 2.45) is 0 Å². The molecule has 2 aromatic carbocycles. The van der Waals surface area contributed by atoms with Gasteiger partial charge in [0.05, 0.1) is 18.4 Å². The summed E-state index contributed by atoms with van der Waals surface area (Å²) in [6, 6.07) is 15.8. The molecule has 0 radical (unpaired) electrons. The summed E-state index contributed by atoms with van der Waals surface area (Å²) in [4.78, 5) is 17.4. The number of hydrogen-bond donors (Lipinski definition) is 0. The van der Waals surface area contributed by atoms with E-state index in [2.05, 4.69) is 11.1 Å². The maximum Gasteiger partial charge on any atom is 0.271 e. The standard InChI is InChI=1S/C20H15ClN2OS/c1-13-4-2-5-14(8-13)10-23-12-22-18-17(11-25-19(18)20(23)24)15-6-3-7-16(21)9-15/h2-9,11-12H,10H2,1H3. The molecule has 4 aromatic rings. The lowest BCUT2D eigenvalue weighted by Gasteiger charge is -2.07. The summed E-state index contributed by atoms with van der Waals surface area (Å²) in [6.07, 6.45) is 1.63. The van der Waals surface area contributed by atoms with Crippen molar-refractivity contribution in [1.82, 2.24) is 9.55 Å². The fraction of sp³-hybridized carbons (Fsp3) is 0.100. The van der Waals surface area contributed by atoms with E-state index in [1.54, 1.807) is 10.9 Å². The first-order valence-electron chi connectivity index (χ1n) is 7.90. The summed E-state index contributed by atoms with van der Waals surface area (Å²) in [5, 5.41) is 2.64. The Morgan fingerprint density at radius 1 is 1.16 bits per heavy atom. The Hall–Kier alpha value is -2.43. The third-order valence-corrected chi connectivity index (χ3v) is 5.31. The van der Waals surface area contributed by atoms with Crippen molar-refractivity contribution in [3.63, 3.8) is 0 Å². The summed E-state index contributed by atoms with van der Waals surface area (Å²) in [6.45, 7) is 2.57. The third-order valence-electron chi connectivity index (χ3n) is 4.12. The van der Waals surface area contributed by atoms with Crippen LogP contribution in [0.4, 0.5) is 0 Å². The molecule has 2 aromatic heterocycles. The van der Waals surface area contributed by atoms with Crippen LogP contribution in [0.3, 0.4) is 0 Å². The summed E-state index contributed by atoms with van der Waals surface area (Å²) < 4.78 is 2.33. The fourth-order valence-corrected chi connectivity index (χ4v) is 4.09. The lowest BCUT2D eigenvalue weighted by molar-refractivity contribution is 0.749. The lowest BCUT2D eigenvalue weighted by Crippen LogP contribution is -2.20. The number of aromatic nitrogens is 2. The van der Waals surface area contributed by atoms with Crippen LogP contribution >= 0.6 is 22.9 Å². The normalized spacial score (nSPS) is 11.1. The van der Waals surface area contributed by atoms with E-state index in [1.165, 1.54) is 16.9 Å². The topological polar surface area (TPSA) is 34.9 Å². The van der Waals surface area contributed by atoms with Crippen molar-refractivity contribution >= 4 is 33.2 Å². The molecule has 0 aliphatic rings. The maximum absolute atomic E-state index is 12.8. The molecule has 0 fully saturated rings. The van der Waals surface area contributed by atoms with Crippen molar-refractivity contribution in [1.29, 1.82) is 0 Å². The zero-order chi connectivity index (χ0) is 17.4. The Kier molecular flexibility index (Phi) is 4.15. The number of rotatable bonds is 3. The molecule has 5 heteroatoms. The largest absolute Gasteiger partial charge is 0.294 e. The van der Waals surface area contributed by atoms with Crippen LogP contribution in [0.25, 0.3) is 21.3 Å². The van der Waals surface area contributed by atoms with Gasteiger partial charge < -0.3 is 0 Å². The molecular formula is C20H15ClN2OS. The summed E-state index contributed by atoms with van der Waals surface area (Å²) >= 11 is 7.52. The molecule has 0 bridgehead atoms. The van der Waals surface area contributed by atoms with Gasteiger partial charge in [0.1, 0.15) is 4.70 Å². The quantitative estimate of drug-likeness (QED) is 0.503. The second-order valence-corrected chi connectivity index (χ2v) is 7.32. The van der Waals surface area contributed by atoms with Crippen molar-refractivity contribution in [3.8, 4) is 11.1 Å². The molecule has 25 heavy (non-hydrogen) atoms. The van der Waals surface area contributed by atoms with Gasteiger partial charge in [-0.3, -0.25) is 9.36 Å². The average molecular weight is 367 g/mol. The van der Waals surface area contributed by atoms with Crippen LogP contribution in [0.1, 0.15) is 11.1 Å². The highest BCUT2D eigenvalue weighted by molar-refractivity contribution is 7.17. The molecule has 0 saturated heterocycles. The Morgan fingerprint density at radius 3 is 2.80 bits per heavy atom. The van der Waals surface area contributed by atoms with Gasteiger partial charge in [0, 0.05) is 16.0 Å². The molecule has 0 N–H and O–H groups in total. The zero-order valence-corrected chi connectivity index (χ0v) is 15.1. The molecule has 4 rings (SSSR count). The SMILES string of the molecule is Cc1cccc(Cn2cnc3c(-c4cccc(Cl)c4)csc3c2=O)c1. The predicted molar refractivity (Wildman–Crippen MR) is 105 cm³/mol. The van der Waals surface area contributed by atoms with E-state index >= 15 is 0 Å². The molecule has 124 valence electrons. The van der Waals surface area contributed by atoms with Crippen molar-refractivity contribution in [3.05, 3.63) is 86.7 Å². The summed E-state index contributed by atoms with van der Waals surface area (Å²) in [7, 11) is 0. The number of fused-ring (bicyclic) bond motifs is 1. The van der Waals surface area contributed by atoms with E-state index in [0.29, 0.717) is 16.3 Å². The second-order valence-electron chi connectivity index (χ2n) is 6.00. The molecule has 0 aliphatic heterocycles. The monoisotopic (exact) mass is 366 g/mol. The minimum Gasteiger partial charge on any atom is -0.294 e. The number of aryl methyl sites for hydroxylation is 1. The first-order chi connectivity index (χ1) is 12.1. The van der Waals surface area contributed by atoms with Crippen molar-refractivity contribution in [2.45, 2.75) is 13.5 Å². The smallest absolute Gasteiger partial charge is 0.271 e. The number of benzene rings is 2.